The lowest BCUT2D eigenvalue weighted by molar-refractivity contribution is 0.181. The number of aliphatic hydroxyl groups is 1. The Kier molecular flexibility index (Phi) is 2.83. The molecule has 3 rings (SSSR count). The number of rotatable bonds is 3. The molecule has 1 unspecified atom stereocenters. The molecule has 2 heterocycles. The van der Waals surface area contributed by atoms with Crippen molar-refractivity contribution in [2.75, 3.05) is 0 Å². The Morgan fingerprint density at radius 3 is 3.00 bits per heavy atom. The van der Waals surface area contributed by atoms with E-state index in [4.69, 9.17) is 4.42 Å². The van der Waals surface area contributed by atoms with Crippen molar-refractivity contribution in [2.24, 2.45) is 0 Å². The van der Waals surface area contributed by atoms with Crippen molar-refractivity contribution in [3.8, 4) is 0 Å². The van der Waals surface area contributed by atoms with Gasteiger partial charge < -0.3 is 9.52 Å². The maximum atomic E-state index is 13.1. The zero-order valence-corrected chi connectivity index (χ0v) is 10.4. The Bertz CT molecular complexity index is 717. The first-order valence-electron chi connectivity index (χ1n) is 6.08. The van der Waals surface area contributed by atoms with E-state index in [-0.39, 0.29) is 5.82 Å². The number of halogens is 1. The first kappa shape index (κ1) is 11.9. The molecule has 19 heavy (non-hydrogen) atoms. The van der Waals surface area contributed by atoms with E-state index >= 15 is 0 Å². The van der Waals surface area contributed by atoms with Crippen LogP contribution in [-0.2, 0) is 6.54 Å². The molecule has 0 aliphatic heterocycles. The molecule has 0 fully saturated rings. The number of aryl methyl sites for hydroxylation is 1. The molecule has 0 aliphatic carbocycles. The summed E-state index contributed by atoms with van der Waals surface area (Å²) in [6, 6.07) is 7.65. The average molecular weight is 260 g/mol. The van der Waals surface area contributed by atoms with Crippen molar-refractivity contribution >= 4 is 11.0 Å². The third-order valence-electron chi connectivity index (χ3n) is 3.10. The zero-order valence-electron chi connectivity index (χ0n) is 10.4. The van der Waals surface area contributed by atoms with Crippen LogP contribution in [0.5, 0.6) is 0 Å². The van der Waals surface area contributed by atoms with Gasteiger partial charge in [-0.2, -0.15) is 5.10 Å². The van der Waals surface area contributed by atoms with E-state index in [1.54, 1.807) is 29.1 Å². The lowest BCUT2D eigenvalue weighted by atomic mass is 10.2. The van der Waals surface area contributed by atoms with Gasteiger partial charge in [0.2, 0.25) is 0 Å². The SMILES string of the molecule is CCn1nccc1C(O)c1cc2cc(F)ccc2o1. The maximum Gasteiger partial charge on any atom is 0.153 e. The molecule has 1 aromatic carbocycles. The predicted octanol–water partition coefficient (Wildman–Crippen LogP) is 2.87. The number of benzene rings is 1. The highest BCUT2D eigenvalue weighted by molar-refractivity contribution is 5.78. The lowest BCUT2D eigenvalue weighted by Gasteiger charge is -2.09. The van der Waals surface area contributed by atoms with Gasteiger partial charge in [-0.15, -0.1) is 0 Å². The third-order valence-corrected chi connectivity index (χ3v) is 3.10. The Labute approximate surface area is 109 Å². The summed E-state index contributed by atoms with van der Waals surface area (Å²) in [5.41, 5.74) is 1.21. The van der Waals surface area contributed by atoms with Gasteiger partial charge in [-0.1, -0.05) is 0 Å². The molecule has 0 saturated heterocycles. The van der Waals surface area contributed by atoms with Crippen LogP contribution in [0.3, 0.4) is 0 Å². The normalized spacial score (nSPS) is 13.0. The van der Waals surface area contributed by atoms with Crippen molar-refractivity contribution in [1.82, 2.24) is 9.78 Å². The molecule has 0 spiro atoms. The molecule has 0 aliphatic rings. The summed E-state index contributed by atoms with van der Waals surface area (Å²) in [7, 11) is 0. The fourth-order valence-corrected chi connectivity index (χ4v) is 2.15. The van der Waals surface area contributed by atoms with E-state index in [2.05, 4.69) is 5.10 Å². The molecule has 0 amide bonds. The maximum absolute atomic E-state index is 13.1. The van der Waals surface area contributed by atoms with Crippen molar-refractivity contribution in [3.63, 3.8) is 0 Å². The summed E-state index contributed by atoms with van der Waals surface area (Å²) in [6.45, 7) is 2.60. The number of aromatic nitrogens is 2. The van der Waals surface area contributed by atoms with Gasteiger partial charge in [-0.05, 0) is 37.3 Å². The smallest absolute Gasteiger partial charge is 0.153 e. The van der Waals surface area contributed by atoms with Crippen LogP contribution in [0, 0.1) is 5.82 Å². The van der Waals surface area contributed by atoms with Gasteiger partial charge in [-0.25, -0.2) is 4.39 Å². The number of aliphatic hydroxyl groups excluding tert-OH is 1. The van der Waals surface area contributed by atoms with Crippen molar-refractivity contribution < 1.29 is 13.9 Å². The number of nitrogens with zero attached hydrogens (tertiary/aromatic N) is 2. The van der Waals surface area contributed by atoms with Gasteiger partial charge in [0.05, 0.1) is 5.69 Å². The van der Waals surface area contributed by atoms with Crippen LogP contribution in [0.2, 0.25) is 0 Å². The molecule has 98 valence electrons. The van der Waals surface area contributed by atoms with Crippen LogP contribution >= 0.6 is 0 Å². The van der Waals surface area contributed by atoms with Crippen LogP contribution in [-0.4, -0.2) is 14.9 Å². The Morgan fingerprint density at radius 1 is 1.37 bits per heavy atom. The molecule has 4 nitrogen and oxygen atoms in total. The van der Waals surface area contributed by atoms with Crippen LogP contribution < -0.4 is 0 Å². The fraction of sp³-hybridized carbons (Fsp3) is 0.214. The third kappa shape index (κ3) is 2.02. The van der Waals surface area contributed by atoms with Crippen molar-refractivity contribution in [1.29, 1.82) is 0 Å². The minimum Gasteiger partial charge on any atom is -0.458 e. The second kappa shape index (κ2) is 4.51. The van der Waals surface area contributed by atoms with Crippen LogP contribution in [0.4, 0.5) is 4.39 Å². The minimum atomic E-state index is -0.905. The minimum absolute atomic E-state index is 0.326. The van der Waals surface area contributed by atoms with Gasteiger partial charge in [0.1, 0.15) is 17.2 Å². The molecule has 2 aromatic heterocycles. The number of hydrogen-bond acceptors (Lipinski definition) is 3. The molecule has 0 saturated carbocycles. The van der Waals surface area contributed by atoms with Gasteiger partial charge in [-0.3, -0.25) is 4.68 Å². The summed E-state index contributed by atoms with van der Waals surface area (Å²) in [5, 5.41) is 15.1. The summed E-state index contributed by atoms with van der Waals surface area (Å²) in [6.07, 6.45) is 0.725. The van der Waals surface area contributed by atoms with E-state index in [0.717, 1.165) is 0 Å². The Morgan fingerprint density at radius 2 is 2.21 bits per heavy atom. The second-order valence-electron chi connectivity index (χ2n) is 4.31. The number of hydrogen-bond donors (Lipinski definition) is 1. The molecule has 3 aromatic rings. The van der Waals surface area contributed by atoms with E-state index in [9.17, 15) is 9.50 Å². The fourth-order valence-electron chi connectivity index (χ4n) is 2.15. The first-order chi connectivity index (χ1) is 9.19. The highest BCUT2D eigenvalue weighted by Crippen LogP contribution is 2.28. The molecule has 0 radical (unpaired) electrons. The topological polar surface area (TPSA) is 51.2 Å². The molecular formula is C14H13FN2O2. The summed E-state index contributed by atoms with van der Waals surface area (Å²) < 4.78 is 20.4. The summed E-state index contributed by atoms with van der Waals surface area (Å²) in [5.74, 6) is 0.0590. The Balaban J connectivity index is 2.04. The first-order valence-corrected chi connectivity index (χ1v) is 6.08. The predicted molar refractivity (Wildman–Crippen MR) is 68.1 cm³/mol. The van der Waals surface area contributed by atoms with Crippen LogP contribution in [0.1, 0.15) is 24.5 Å². The molecule has 0 bridgehead atoms. The summed E-state index contributed by atoms with van der Waals surface area (Å²) in [4.78, 5) is 0. The quantitative estimate of drug-likeness (QED) is 0.787. The second-order valence-corrected chi connectivity index (χ2v) is 4.31. The molecule has 1 atom stereocenters. The lowest BCUT2D eigenvalue weighted by Crippen LogP contribution is -2.08. The van der Waals surface area contributed by atoms with E-state index in [1.807, 2.05) is 6.92 Å². The van der Waals surface area contributed by atoms with Crippen molar-refractivity contribution in [2.45, 2.75) is 19.6 Å². The van der Waals surface area contributed by atoms with E-state index in [1.165, 1.54) is 12.1 Å². The van der Waals surface area contributed by atoms with Crippen molar-refractivity contribution in [3.05, 3.63) is 53.8 Å². The Hall–Kier alpha value is -2.14. The molecule has 5 heteroatoms. The number of fused-ring (bicyclic) bond motifs is 1. The monoisotopic (exact) mass is 260 g/mol. The van der Waals surface area contributed by atoms with Gasteiger partial charge in [0.25, 0.3) is 0 Å². The van der Waals surface area contributed by atoms with Gasteiger partial charge in [0, 0.05) is 18.1 Å². The summed E-state index contributed by atoms with van der Waals surface area (Å²) >= 11 is 0. The van der Waals surface area contributed by atoms with Crippen LogP contribution in [0.15, 0.2) is 40.9 Å². The van der Waals surface area contributed by atoms with E-state index < -0.39 is 6.10 Å². The van der Waals surface area contributed by atoms with Gasteiger partial charge in [0.15, 0.2) is 6.10 Å². The van der Waals surface area contributed by atoms with E-state index in [0.29, 0.717) is 29.0 Å². The average Bonchev–Trinajstić information content (AvgIpc) is 3.03. The molecular weight excluding hydrogens is 247 g/mol. The highest BCUT2D eigenvalue weighted by atomic mass is 19.1. The standard InChI is InChI=1S/C14H13FN2O2/c1-2-17-11(5-6-16-17)14(18)13-8-9-7-10(15)3-4-12(9)19-13/h3-8,14,18H,2H2,1H3. The van der Waals surface area contributed by atoms with Gasteiger partial charge >= 0.3 is 0 Å². The molecule has 1 N–H and O–H groups in total. The highest BCUT2D eigenvalue weighted by Gasteiger charge is 2.19. The largest absolute Gasteiger partial charge is 0.458 e. The van der Waals surface area contributed by atoms with Crippen LogP contribution in [0.25, 0.3) is 11.0 Å². The zero-order chi connectivity index (χ0) is 13.4. The number of furan rings is 1.